The number of amides is 1. The van der Waals surface area contributed by atoms with Gasteiger partial charge in [0, 0.05) is 19.8 Å². The Morgan fingerprint density at radius 2 is 1.89 bits per heavy atom. The maximum atomic E-state index is 12.1. The number of hydrogen-bond acceptors (Lipinski definition) is 3. The van der Waals surface area contributed by atoms with E-state index < -0.39 is 0 Å². The second-order valence-electron chi connectivity index (χ2n) is 4.60. The summed E-state index contributed by atoms with van der Waals surface area (Å²) in [5.74, 6) is 0.561. The summed E-state index contributed by atoms with van der Waals surface area (Å²) in [6, 6.07) is 13.1. The van der Waals surface area contributed by atoms with Crippen molar-refractivity contribution in [2.24, 2.45) is 0 Å². The smallest absolute Gasteiger partial charge is 0.274 e. The van der Waals surface area contributed by atoms with Gasteiger partial charge in [-0.3, -0.25) is 4.79 Å². The highest BCUT2D eigenvalue weighted by Crippen LogP contribution is 2.12. The first-order valence-electron chi connectivity index (χ1n) is 6.08. The molecule has 2 rings (SSSR count). The monoisotopic (exact) mass is 255 g/mol. The van der Waals surface area contributed by atoms with Crippen molar-refractivity contribution in [3.05, 3.63) is 53.7 Å². The van der Waals surface area contributed by atoms with E-state index in [4.69, 9.17) is 0 Å². The molecule has 1 N–H and O–H groups in total. The Bertz CT molecular complexity index is 593. The van der Waals surface area contributed by atoms with Crippen molar-refractivity contribution in [1.82, 2.24) is 4.98 Å². The second-order valence-corrected chi connectivity index (χ2v) is 4.60. The van der Waals surface area contributed by atoms with Crippen molar-refractivity contribution >= 4 is 17.4 Å². The van der Waals surface area contributed by atoms with E-state index >= 15 is 0 Å². The van der Waals surface area contributed by atoms with Gasteiger partial charge in [0.2, 0.25) is 0 Å². The summed E-state index contributed by atoms with van der Waals surface area (Å²) in [7, 11) is 3.79. The van der Waals surface area contributed by atoms with Crippen LogP contribution in [0, 0.1) is 6.92 Å². The molecule has 0 fully saturated rings. The molecule has 2 aromatic rings. The summed E-state index contributed by atoms with van der Waals surface area (Å²) in [4.78, 5) is 18.3. The predicted octanol–water partition coefficient (Wildman–Crippen LogP) is 2.71. The van der Waals surface area contributed by atoms with E-state index in [-0.39, 0.29) is 5.91 Å². The molecule has 98 valence electrons. The van der Waals surface area contributed by atoms with Gasteiger partial charge in [-0.1, -0.05) is 18.2 Å². The number of anilines is 2. The molecule has 4 nitrogen and oxygen atoms in total. The van der Waals surface area contributed by atoms with Gasteiger partial charge in [-0.25, -0.2) is 4.98 Å². The van der Waals surface area contributed by atoms with E-state index in [1.165, 1.54) is 0 Å². The Balaban J connectivity index is 2.18. The van der Waals surface area contributed by atoms with Crippen LogP contribution in [0.5, 0.6) is 0 Å². The lowest BCUT2D eigenvalue weighted by atomic mass is 10.2. The Morgan fingerprint density at radius 3 is 2.58 bits per heavy atom. The molecule has 0 aliphatic heterocycles. The molecular formula is C15H17N3O. The van der Waals surface area contributed by atoms with Crippen LogP contribution in [0.2, 0.25) is 0 Å². The van der Waals surface area contributed by atoms with Crippen LogP contribution in [0.3, 0.4) is 0 Å². The normalized spacial score (nSPS) is 10.1. The zero-order chi connectivity index (χ0) is 13.8. The summed E-state index contributed by atoms with van der Waals surface area (Å²) in [6.07, 6.45) is 0. The van der Waals surface area contributed by atoms with Crippen LogP contribution in [0.15, 0.2) is 42.5 Å². The minimum atomic E-state index is -0.200. The molecule has 19 heavy (non-hydrogen) atoms. The molecule has 0 bridgehead atoms. The van der Waals surface area contributed by atoms with Crippen molar-refractivity contribution < 1.29 is 4.79 Å². The van der Waals surface area contributed by atoms with E-state index in [0.717, 1.165) is 17.1 Å². The van der Waals surface area contributed by atoms with E-state index in [2.05, 4.69) is 10.3 Å². The molecule has 0 unspecified atom stereocenters. The SMILES string of the molecule is Cc1cccc(NC(=O)c2cccc(N(C)C)n2)c1. The fourth-order valence-corrected chi connectivity index (χ4v) is 1.72. The molecule has 0 radical (unpaired) electrons. The summed E-state index contributed by atoms with van der Waals surface area (Å²) in [5, 5.41) is 2.85. The Morgan fingerprint density at radius 1 is 1.16 bits per heavy atom. The van der Waals surface area contributed by atoms with Crippen LogP contribution in [0.4, 0.5) is 11.5 Å². The van der Waals surface area contributed by atoms with Gasteiger partial charge >= 0.3 is 0 Å². The second kappa shape index (κ2) is 5.52. The molecule has 1 aromatic carbocycles. The summed E-state index contributed by atoms with van der Waals surface area (Å²) in [5.41, 5.74) is 2.29. The summed E-state index contributed by atoms with van der Waals surface area (Å²) in [6.45, 7) is 1.99. The maximum absolute atomic E-state index is 12.1. The lowest BCUT2D eigenvalue weighted by Crippen LogP contribution is -2.17. The van der Waals surface area contributed by atoms with Crippen molar-refractivity contribution in [1.29, 1.82) is 0 Å². The molecule has 4 heteroatoms. The average Bonchev–Trinajstić information content (AvgIpc) is 2.39. The van der Waals surface area contributed by atoms with E-state index in [1.807, 2.05) is 62.3 Å². The molecule has 0 saturated carbocycles. The molecule has 1 amide bonds. The topological polar surface area (TPSA) is 45.2 Å². The van der Waals surface area contributed by atoms with Crippen LogP contribution in [0.25, 0.3) is 0 Å². The van der Waals surface area contributed by atoms with Gasteiger partial charge in [-0.2, -0.15) is 0 Å². The summed E-state index contributed by atoms with van der Waals surface area (Å²) >= 11 is 0. The maximum Gasteiger partial charge on any atom is 0.274 e. The fraction of sp³-hybridized carbons (Fsp3) is 0.200. The number of rotatable bonds is 3. The lowest BCUT2D eigenvalue weighted by Gasteiger charge is -2.12. The van der Waals surface area contributed by atoms with E-state index in [9.17, 15) is 4.79 Å². The van der Waals surface area contributed by atoms with Crippen molar-refractivity contribution in [2.45, 2.75) is 6.92 Å². The number of carbonyl (C=O) groups is 1. The minimum Gasteiger partial charge on any atom is -0.363 e. The third kappa shape index (κ3) is 3.31. The quantitative estimate of drug-likeness (QED) is 0.917. The van der Waals surface area contributed by atoms with Crippen LogP contribution in [0.1, 0.15) is 16.1 Å². The third-order valence-electron chi connectivity index (χ3n) is 2.70. The number of hydrogen-bond donors (Lipinski definition) is 1. The molecule has 1 aromatic heterocycles. The van der Waals surface area contributed by atoms with Crippen molar-refractivity contribution in [3.63, 3.8) is 0 Å². The summed E-state index contributed by atoms with van der Waals surface area (Å²) < 4.78 is 0. The average molecular weight is 255 g/mol. The minimum absolute atomic E-state index is 0.200. The zero-order valence-electron chi connectivity index (χ0n) is 11.3. The van der Waals surface area contributed by atoms with Crippen LogP contribution in [-0.4, -0.2) is 25.0 Å². The van der Waals surface area contributed by atoms with Gasteiger partial charge in [0.1, 0.15) is 11.5 Å². The third-order valence-corrected chi connectivity index (χ3v) is 2.70. The number of carbonyl (C=O) groups excluding carboxylic acids is 1. The Hall–Kier alpha value is -2.36. The fourth-order valence-electron chi connectivity index (χ4n) is 1.72. The van der Waals surface area contributed by atoms with Gasteiger partial charge in [0.15, 0.2) is 0 Å². The molecule has 0 spiro atoms. The highest BCUT2D eigenvalue weighted by Gasteiger charge is 2.09. The van der Waals surface area contributed by atoms with E-state index in [1.54, 1.807) is 6.07 Å². The van der Waals surface area contributed by atoms with Crippen LogP contribution < -0.4 is 10.2 Å². The molecule has 0 atom stereocenters. The van der Waals surface area contributed by atoms with Gasteiger partial charge in [0.25, 0.3) is 5.91 Å². The van der Waals surface area contributed by atoms with Crippen LogP contribution >= 0.6 is 0 Å². The van der Waals surface area contributed by atoms with Gasteiger partial charge in [0.05, 0.1) is 0 Å². The largest absolute Gasteiger partial charge is 0.363 e. The molecule has 1 heterocycles. The van der Waals surface area contributed by atoms with Crippen LogP contribution in [-0.2, 0) is 0 Å². The van der Waals surface area contributed by atoms with Gasteiger partial charge in [-0.15, -0.1) is 0 Å². The number of benzene rings is 1. The van der Waals surface area contributed by atoms with Crippen molar-refractivity contribution in [2.75, 3.05) is 24.3 Å². The van der Waals surface area contributed by atoms with Gasteiger partial charge < -0.3 is 10.2 Å². The highest BCUT2D eigenvalue weighted by molar-refractivity contribution is 6.03. The molecular weight excluding hydrogens is 238 g/mol. The number of nitrogens with zero attached hydrogens (tertiary/aromatic N) is 2. The van der Waals surface area contributed by atoms with E-state index in [0.29, 0.717) is 5.69 Å². The lowest BCUT2D eigenvalue weighted by molar-refractivity contribution is 0.102. The number of aryl methyl sites for hydroxylation is 1. The first-order chi connectivity index (χ1) is 9.06. The predicted molar refractivity (Wildman–Crippen MR) is 77.7 cm³/mol. The zero-order valence-corrected chi connectivity index (χ0v) is 11.3. The first kappa shape index (κ1) is 13.1. The number of nitrogens with one attached hydrogen (secondary N) is 1. The molecule has 0 aliphatic rings. The number of aromatic nitrogens is 1. The molecule has 0 aliphatic carbocycles. The highest BCUT2D eigenvalue weighted by atomic mass is 16.1. The Labute approximate surface area is 113 Å². The molecule has 0 saturated heterocycles. The number of pyridine rings is 1. The first-order valence-corrected chi connectivity index (χ1v) is 6.08. The Kier molecular flexibility index (Phi) is 3.80. The van der Waals surface area contributed by atoms with Gasteiger partial charge in [-0.05, 0) is 36.8 Å². The van der Waals surface area contributed by atoms with Crippen molar-refractivity contribution in [3.8, 4) is 0 Å². The standard InChI is InChI=1S/C15H17N3O/c1-11-6-4-7-12(10-11)16-15(19)13-8-5-9-14(17-13)18(2)3/h4-10H,1-3H3,(H,16,19).